The van der Waals surface area contributed by atoms with Gasteiger partial charge in [-0.1, -0.05) is 109 Å². The van der Waals surface area contributed by atoms with Crippen molar-refractivity contribution in [3.8, 4) is 11.1 Å². The van der Waals surface area contributed by atoms with E-state index in [2.05, 4.69) is 182 Å². The Balaban J connectivity index is 1.03. The Hall–Kier alpha value is -6.20. The Kier molecular flexibility index (Phi) is 6.26. The van der Waals surface area contributed by atoms with E-state index < -0.39 is 0 Å². The number of nitrogens with zero attached hydrogens (tertiary/aromatic N) is 1. The fourth-order valence-electron chi connectivity index (χ4n) is 9.13. The van der Waals surface area contributed by atoms with Crippen LogP contribution < -0.4 is 4.90 Å². The molecule has 12 rings (SSSR count). The lowest BCUT2D eigenvalue weighted by Crippen LogP contribution is -2.22. The summed E-state index contributed by atoms with van der Waals surface area (Å²) >= 11 is 3.72. The predicted octanol–water partition coefficient (Wildman–Crippen LogP) is 15.1. The van der Waals surface area contributed by atoms with Crippen molar-refractivity contribution in [2.45, 2.75) is 12.3 Å². The maximum atomic E-state index is 6.69. The zero-order valence-corrected chi connectivity index (χ0v) is 31.0. The molecule has 54 heavy (non-hydrogen) atoms. The molecular weight excluding hydrogens is 695 g/mol. The fourth-order valence-corrected chi connectivity index (χ4v) is 11.4. The number of furan rings is 1. The van der Waals surface area contributed by atoms with Crippen LogP contribution in [0.2, 0.25) is 0 Å². The number of thiophene rings is 2. The summed E-state index contributed by atoms with van der Waals surface area (Å²) in [4.78, 5) is 2.41. The lowest BCUT2D eigenvalue weighted by molar-refractivity contribution is 0.662. The second kappa shape index (κ2) is 11.2. The monoisotopic (exact) mass is 725 g/mol. The summed E-state index contributed by atoms with van der Waals surface area (Å²) < 4.78 is 11.9. The molecule has 0 N–H and O–H groups in total. The van der Waals surface area contributed by atoms with Gasteiger partial charge in [-0.25, -0.2) is 0 Å². The van der Waals surface area contributed by atoms with Crippen LogP contribution in [0.3, 0.4) is 0 Å². The van der Waals surface area contributed by atoms with Gasteiger partial charge < -0.3 is 9.32 Å². The first-order valence-electron chi connectivity index (χ1n) is 18.4. The van der Waals surface area contributed by atoms with E-state index in [0.29, 0.717) is 0 Å². The Morgan fingerprint density at radius 2 is 0.907 bits per heavy atom. The number of rotatable bonds is 4. The van der Waals surface area contributed by atoms with E-state index in [1.165, 1.54) is 68.2 Å². The van der Waals surface area contributed by atoms with E-state index in [0.717, 1.165) is 39.0 Å². The molecule has 3 aromatic heterocycles. The van der Waals surface area contributed by atoms with Gasteiger partial charge in [-0.3, -0.25) is 0 Å². The molecular formula is C50H31NOS2. The van der Waals surface area contributed by atoms with Crippen molar-refractivity contribution in [3.05, 3.63) is 187 Å². The first-order valence-corrected chi connectivity index (χ1v) is 20.0. The third-order valence-corrected chi connectivity index (χ3v) is 14.0. The van der Waals surface area contributed by atoms with E-state index in [9.17, 15) is 0 Å². The standard InChI is InChI=1S/C50H31NOS2/c1-50(42-14-6-2-10-34(42)35-11-3-7-15-43(35)50)30-18-22-36-41-27-31(21-25-44(41)52-45(36)26-30)51(32-19-23-39-37-12-4-8-16-46(37)53-48(39)28-32)33-20-24-40-38-13-5-9-17-47(38)54-49(40)29-33/h2-29H,1H3. The molecule has 0 saturated carbocycles. The van der Waals surface area contributed by atoms with E-state index in [-0.39, 0.29) is 5.41 Å². The predicted molar refractivity (Wildman–Crippen MR) is 232 cm³/mol. The van der Waals surface area contributed by atoms with Gasteiger partial charge in [0.25, 0.3) is 0 Å². The first kappa shape index (κ1) is 30.3. The van der Waals surface area contributed by atoms with E-state index >= 15 is 0 Å². The largest absolute Gasteiger partial charge is 0.456 e. The second-order valence-electron chi connectivity index (χ2n) is 14.6. The molecule has 1 aliphatic carbocycles. The van der Waals surface area contributed by atoms with Gasteiger partial charge in [-0.05, 0) is 95.4 Å². The van der Waals surface area contributed by atoms with Crippen molar-refractivity contribution >= 4 is 102 Å². The molecule has 8 aromatic carbocycles. The van der Waals surface area contributed by atoms with Crippen LogP contribution in [0.4, 0.5) is 17.1 Å². The molecule has 0 amide bonds. The van der Waals surface area contributed by atoms with Gasteiger partial charge in [0, 0.05) is 73.6 Å². The van der Waals surface area contributed by atoms with Crippen molar-refractivity contribution in [3.63, 3.8) is 0 Å². The Morgan fingerprint density at radius 3 is 1.54 bits per heavy atom. The molecule has 3 heterocycles. The smallest absolute Gasteiger partial charge is 0.135 e. The number of anilines is 3. The Bertz CT molecular complexity index is 3170. The number of benzene rings is 8. The lowest BCUT2D eigenvalue weighted by atomic mass is 9.74. The van der Waals surface area contributed by atoms with Crippen LogP contribution in [0.5, 0.6) is 0 Å². The minimum absolute atomic E-state index is 0.279. The second-order valence-corrected chi connectivity index (χ2v) is 16.8. The zero-order chi connectivity index (χ0) is 35.5. The molecule has 0 aliphatic heterocycles. The van der Waals surface area contributed by atoms with Gasteiger partial charge in [0.15, 0.2) is 0 Å². The molecule has 4 heteroatoms. The minimum Gasteiger partial charge on any atom is -0.456 e. The van der Waals surface area contributed by atoms with Gasteiger partial charge in [0.05, 0.1) is 0 Å². The molecule has 0 spiro atoms. The maximum Gasteiger partial charge on any atom is 0.135 e. The van der Waals surface area contributed by atoms with Crippen molar-refractivity contribution in [2.24, 2.45) is 0 Å². The van der Waals surface area contributed by atoms with Crippen LogP contribution in [-0.4, -0.2) is 0 Å². The normalized spacial score (nSPS) is 13.4. The summed E-state index contributed by atoms with van der Waals surface area (Å²) in [6.07, 6.45) is 0. The quantitative estimate of drug-likeness (QED) is 0.180. The van der Waals surface area contributed by atoms with Crippen LogP contribution in [-0.2, 0) is 5.41 Å². The molecule has 0 fully saturated rings. The molecule has 2 nitrogen and oxygen atoms in total. The van der Waals surface area contributed by atoms with Crippen LogP contribution in [0.1, 0.15) is 23.6 Å². The minimum atomic E-state index is -0.279. The SMILES string of the molecule is CC1(c2ccc3c(c2)oc2ccc(N(c4ccc5c(c4)sc4ccccc45)c4ccc5c(c4)sc4ccccc45)cc23)c2ccccc2-c2ccccc21. The molecule has 1 aliphatic rings. The third kappa shape index (κ3) is 4.21. The third-order valence-electron chi connectivity index (χ3n) is 11.8. The fraction of sp³-hybridized carbons (Fsp3) is 0.0400. The summed E-state index contributed by atoms with van der Waals surface area (Å²) in [6, 6.07) is 62.5. The molecule has 0 saturated heterocycles. The highest BCUT2D eigenvalue weighted by molar-refractivity contribution is 7.26. The first-order chi connectivity index (χ1) is 26.6. The van der Waals surface area contributed by atoms with Crippen LogP contribution in [0.25, 0.3) is 73.4 Å². The number of fused-ring (bicyclic) bond motifs is 12. The topological polar surface area (TPSA) is 16.4 Å². The maximum absolute atomic E-state index is 6.69. The zero-order valence-electron chi connectivity index (χ0n) is 29.3. The van der Waals surface area contributed by atoms with Gasteiger partial charge in [0.2, 0.25) is 0 Å². The molecule has 0 atom stereocenters. The highest BCUT2D eigenvalue weighted by Crippen LogP contribution is 2.53. The Morgan fingerprint density at radius 1 is 0.407 bits per heavy atom. The van der Waals surface area contributed by atoms with Crippen LogP contribution >= 0.6 is 22.7 Å². The van der Waals surface area contributed by atoms with E-state index in [1.54, 1.807) is 0 Å². The molecule has 0 radical (unpaired) electrons. The summed E-state index contributed by atoms with van der Waals surface area (Å²) in [5, 5.41) is 7.46. The number of hydrogen-bond acceptors (Lipinski definition) is 4. The molecule has 254 valence electrons. The Labute approximate surface area is 319 Å². The average molecular weight is 726 g/mol. The van der Waals surface area contributed by atoms with Crippen molar-refractivity contribution in [1.82, 2.24) is 0 Å². The summed E-state index contributed by atoms with van der Waals surface area (Å²) in [5.41, 5.74) is 11.4. The summed E-state index contributed by atoms with van der Waals surface area (Å²) in [5.74, 6) is 0. The van der Waals surface area contributed by atoms with Gasteiger partial charge >= 0.3 is 0 Å². The lowest BCUT2D eigenvalue weighted by Gasteiger charge is -2.28. The van der Waals surface area contributed by atoms with Crippen LogP contribution in [0, 0.1) is 0 Å². The van der Waals surface area contributed by atoms with Crippen molar-refractivity contribution in [1.29, 1.82) is 0 Å². The summed E-state index contributed by atoms with van der Waals surface area (Å²) in [7, 11) is 0. The molecule has 0 unspecified atom stereocenters. The van der Waals surface area contributed by atoms with Gasteiger partial charge in [-0.15, -0.1) is 22.7 Å². The highest BCUT2D eigenvalue weighted by atomic mass is 32.1. The van der Waals surface area contributed by atoms with Crippen molar-refractivity contribution in [2.75, 3.05) is 4.90 Å². The van der Waals surface area contributed by atoms with Crippen LogP contribution in [0.15, 0.2) is 174 Å². The van der Waals surface area contributed by atoms with Gasteiger partial charge in [0.1, 0.15) is 11.2 Å². The van der Waals surface area contributed by atoms with E-state index in [1.807, 2.05) is 22.7 Å². The number of hydrogen-bond donors (Lipinski definition) is 0. The average Bonchev–Trinajstić information content (AvgIpc) is 3.96. The van der Waals surface area contributed by atoms with Crippen molar-refractivity contribution < 1.29 is 4.42 Å². The van der Waals surface area contributed by atoms with Gasteiger partial charge in [-0.2, -0.15) is 0 Å². The summed E-state index contributed by atoms with van der Waals surface area (Å²) in [6.45, 7) is 2.36. The molecule has 0 bridgehead atoms. The van der Waals surface area contributed by atoms with E-state index in [4.69, 9.17) is 4.42 Å². The molecule has 11 aromatic rings. The highest BCUT2D eigenvalue weighted by Gasteiger charge is 2.40.